The smallest absolute Gasteiger partial charge is 0.0460 e. The van der Waals surface area contributed by atoms with Gasteiger partial charge in [0, 0.05) is 35.7 Å². The van der Waals surface area contributed by atoms with Crippen LogP contribution in [0, 0.1) is 0 Å². The predicted molar refractivity (Wildman–Crippen MR) is 141 cm³/mol. The van der Waals surface area contributed by atoms with Crippen molar-refractivity contribution in [2.24, 2.45) is 0 Å². The zero-order valence-electron chi connectivity index (χ0n) is 20.5. The lowest BCUT2D eigenvalue weighted by Gasteiger charge is -2.40. The first-order valence-corrected chi connectivity index (χ1v) is 13.7. The number of nitrogens with zero attached hydrogens (tertiary/aromatic N) is 2. The summed E-state index contributed by atoms with van der Waals surface area (Å²) in [5, 5.41) is 5.18. The fraction of sp³-hybridized carbons (Fsp3) is 0.533. The Balaban J connectivity index is 1.09. The van der Waals surface area contributed by atoms with E-state index in [9.17, 15) is 0 Å². The standard InChI is InChI=1S/C30H40N4/c1-3-7-23(8-4-1)24-11-14-31-29(19-24)25-9-10-28-26(21-32-30(28)20-25)22-33-17-12-27(13-18-33)34-15-5-2-6-16-34/h1,3-4,7-10,20-21,24,27,29,31-32H,2,5-6,11-19,22H2. The molecule has 0 spiro atoms. The number of H-pyrrole nitrogens is 1. The zero-order chi connectivity index (χ0) is 22.7. The molecule has 2 aromatic carbocycles. The summed E-state index contributed by atoms with van der Waals surface area (Å²) >= 11 is 0. The van der Waals surface area contributed by atoms with Gasteiger partial charge in [0.05, 0.1) is 0 Å². The molecule has 4 heterocycles. The van der Waals surface area contributed by atoms with E-state index in [-0.39, 0.29) is 0 Å². The van der Waals surface area contributed by atoms with Gasteiger partial charge in [-0.3, -0.25) is 4.90 Å². The van der Waals surface area contributed by atoms with Crippen LogP contribution >= 0.6 is 0 Å². The van der Waals surface area contributed by atoms with Gasteiger partial charge in [-0.25, -0.2) is 0 Å². The van der Waals surface area contributed by atoms with Crippen LogP contribution in [0.3, 0.4) is 0 Å². The van der Waals surface area contributed by atoms with Crippen molar-refractivity contribution in [3.8, 4) is 0 Å². The van der Waals surface area contributed by atoms with E-state index in [4.69, 9.17) is 0 Å². The highest BCUT2D eigenvalue weighted by molar-refractivity contribution is 5.83. The predicted octanol–water partition coefficient (Wildman–Crippen LogP) is 5.83. The first kappa shape index (κ1) is 22.3. The van der Waals surface area contributed by atoms with Gasteiger partial charge in [0.25, 0.3) is 0 Å². The van der Waals surface area contributed by atoms with E-state index in [0.29, 0.717) is 12.0 Å². The Morgan fingerprint density at radius 3 is 2.47 bits per heavy atom. The molecule has 0 aliphatic carbocycles. The van der Waals surface area contributed by atoms with Crippen LogP contribution in [-0.4, -0.2) is 53.5 Å². The highest BCUT2D eigenvalue weighted by Gasteiger charge is 2.27. The maximum absolute atomic E-state index is 3.78. The van der Waals surface area contributed by atoms with E-state index in [1.165, 1.54) is 98.7 Å². The molecular weight excluding hydrogens is 416 g/mol. The van der Waals surface area contributed by atoms with E-state index in [0.717, 1.165) is 19.1 Å². The molecule has 3 aliphatic rings. The summed E-state index contributed by atoms with van der Waals surface area (Å²) in [5.74, 6) is 0.648. The summed E-state index contributed by atoms with van der Waals surface area (Å²) < 4.78 is 0. The Hall–Kier alpha value is -2.14. The van der Waals surface area contributed by atoms with E-state index >= 15 is 0 Å². The number of fused-ring (bicyclic) bond motifs is 1. The summed E-state index contributed by atoms with van der Waals surface area (Å²) in [6.45, 7) is 7.29. The van der Waals surface area contributed by atoms with E-state index < -0.39 is 0 Å². The van der Waals surface area contributed by atoms with Crippen molar-refractivity contribution in [2.75, 3.05) is 32.7 Å². The normalized spacial score (nSPS) is 25.6. The van der Waals surface area contributed by atoms with Gasteiger partial charge in [0.15, 0.2) is 0 Å². The van der Waals surface area contributed by atoms with E-state index in [1.54, 1.807) is 0 Å². The molecule has 0 radical (unpaired) electrons. The van der Waals surface area contributed by atoms with E-state index in [2.05, 4.69) is 74.8 Å². The molecule has 2 N–H and O–H groups in total. The average molecular weight is 457 g/mol. The molecular formula is C30H40N4. The Kier molecular flexibility index (Phi) is 6.72. The van der Waals surface area contributed by atoms with Gasteiger partial charge in [-0.2, -0.15) is 0 Å². The van der Waals surface area contributed by atoms with Gasteiger partial charge >= 0.3 is 0 Å². The van der Waals surface area contributed by atoms with Crippen LogP contribution in [0.25, 0.3) is 10.9 Å². The molecule has 0 saturated carbocycles. The lowest BCUT2D eigenvalue weighted by atomic mass is 9.84. The third-order valence-electron chi connectivity index (χ3n) is 8.73. The second kappa shape index (κ2) is 10.2. The summed E-state index contributed by atoms with van der Waals surface area (Å²) in [6.07, 6.45) is 11.6. The number of likely N-dealkylation sites (tertiary alicyclic amines) is 2. The van der Waals surface area contributed by atoms with Gasteiger partial charge in [-0.15, -0.1) is 0 Å². The van der Waals surface area contributed by atoms with Crippen molar-refractivity contribution in [1.82, 2.24) is 20.1 Å². The minimum absolute atomic E-state index is 0.434. The van der Waals surface area contributed by atoms with Crippen LogP contribution in [0.1, 0.15) is 73.6 Å². The first-order chi connectivity index (χ1) is 16.8. The summed E-state index contributed by atoms with van der Waals surface area (Å²) in [7, 11) is 0. The molecule has 3 fully saturated rings. The summed E-state index contributed by atoms with van der Waals surface area (Å²) in [4.78, 5) is 9.04. The molecule has 3 saturated heterocycles. The third kappa shape index (κ3) is 4.82. The maximum Gasteiger partial charge on any atom is 0.0460 e. The minimum Gasteiger partial charge on any atom is -0.361 e. The molecule has 180 valence electrons. The van der Waals surface area contributed by atoms with Crippen molar-refractivity contribution in [2.45, 2.75) is 69.5 Å². The molecule has 4 nitrogen and oxygen atoms in total. The fourth-order valence-electron chi connectivity index (χ4n) is 6.72. The Bertz CT molecular complexity index is 1060. The molecule has 4 heteroatoms. The quantitative estimate of drug-likeness (QED) is 0.507. The first-order valence-electron chi connectivity index (χ1n) is 13.7. The average Bonchev–Trinajstić information content (AvgIpc) is 3.32. The van der Waals surface area contributed by atoms with Gasteiger partial charge in [0.1, 0.15) is 0 Å². The lowest BCUT2D eigenvalue weighted by Crippen LogP contribution is -2.46. The maximum atomic E-state index is 3.78. The van der Waals surface area contributed by atoms with Crippen LogP contribution < -0.4 is 5.32 Å². The number of aromatic amines is 1. The number of hydrogen-bond acceptors (Lipinski definition) is 3. The SMILES string of the molecule is c1ccc(C2CCNC(c3ccc4c(CN5CCC(N6CCCCC6)CC5)c[nH]c4c3)C2)cc1. The molecule has 6 rings (SSSR count). The summed E-state index contributed by atoms with van der Waals surface area (Å²) in [6, 6.07) is 19.4. The second-order valence-electron chi connectivity index (χ2n) is 10.9. The van der Waals surface area contributed by atoms with Crippen LogP contribution in [0.4, 0.5) is 0 Å². The molecule has 3 aliphatic heterocycles. The van der Waals surface area contributed by atoms with Gasteiger partial charge < -0.3 is 15.2 Å². The Morgan fingerprint density at radius 1 is 0.824 bits per heavy atom. The van der Waals surface area contributed by atoms with Crippen molar-refractivity contribution in [3.63, 3.8) is 0 Å². The lowest BCUT2D eigenvalue weighted by molar-refractivity contribution is 0.0898. The number of hydrogen-bond donors (Lipinski definition) is 2. The highest BCUT2D eigenvalue weighted by atomic mass is 15.2. The van der Waals surface area contributed by atoms with Gasteiger partial charge in [-0.05, 0) is 99.9 Å². The van der Waals surface area contributed by atoms with Gasteiger partial charge in [0.2, 0.25) is 0 Å². The number of rotatable bonds is 5. The molecule has 0 amide bonds. The summed E-state index contributed by atoms with van der Waals surface area (Å²) in [5.41, 5.74) is 5.65. The second-order valence-corrected chi connectivity index (χ2v) is 10.9. The van der Waals surface area contributed by atoms with Crippen LogP contribution in [-0.2, 0) is 6.54 Å². The molecule has 3 aromatic rings. The highest BCUT2D eigenvalue weighted by Crippen LogP contribution is 2.35. The molecule has 34 heavy (non-hydrogen) atoms. The minimum atomic E-state index is 0.434. The Labute approximate surface area is 204 Å². The topological polar surface area (TPSA) is 34.3 Å². The molecule has 2 atom stereocenters. The molecule has 2 unspecified atom stereocenters. The van der Waals surface area contributed by atoms with Crippen molar-refractivity contribution < 1.29 is 0 Å². The van der Waals surface area contributed by atoms with Crippen LogP contribution in [0.2, 0.25) is 0 Å². The number of benzene rings is 2. The number of aromatic nitrogens is 1. The molecule has 1 aromatic heterocycles. The van der Waals surface area contributed by atoms with Gasteiger partial charge in [-0.1, -0.05) is 48.9 Å². The third-order valence-corrected chi connectivity index (χ3v) is 8.73. The molecule has 0 bridgehead atoms. The largest absolute Gasteiger partial charge is 0.361 e. The van der Waals surface area contributed by atoms with Crippen LogP contribution in [0.15, 0.2) is 54.7 Å². The number of piperidine rings is 3. The van der Waals surface area contributed by atoms with Crippen molar-refractivity contribution in [3.05, 3.63) is 71.4 Å². The fourth-order valence-corrected chi connectivity index (χ4v) is 6.72. The monoisotopic (exact) mass is 456 g/mol. The van der Waals surface area contributed by atoms with Crippen molar-refractivity contribution in [1.29, 1.82) is 0 Å². The number of nitrogens with one attached hydrogen (secondary N) is 2. The Morgan fingerprint density at radius 2 is 1.65 bits per heavy atom. The van der Waals surface area contributed by atoms with Crippen LogP contribution in [0.5, 0.6) is 0 Å². The van der Waals surface area contributed by atoms with E-state index in [1.807, 2.05) is 0 Å². The van der Waals surface area contributed by atoms with Crippen molar-refractivity contribution >= 4 is 10.9 Å². The zero-order valence-corrected chi connectivity index (χ0v) is 20.5.